The number of imide groups is 1. The summed E-state index contributed by atoms with van der Waals surface area (Å²) in [6.45, 7) is 6.67. The largest absolute Gasteiger partial charge is 0.443 e. The Morgan fingerprint density at radius 2 is 2.24 bits per heavy atom. The van der Waals surface area contributed by atoms with Crippen molar-refractivity contribution in [1.82, 2.24) is 10.2 Å². The summed E-state index contributed by atoms with van der Waals surface area (Å²) in [6, 6.07) is -0.244. The maximum atomic E-state index is 11.9. The van der Waals surface area contributed by atoms with Gasteiger partial charge in [-0.25, -0.2) is 14.5 Å². The fourth-order valence-electron chi connectivity index (χ4n) is 2.06. The first kappa shape index (κ1) is 12.2. The van der Waals surface area contributed by atoms with Crippen LogP contribution in [0, 0.1) is 0 Å². The van der Waals surface area contributed by atoms with Gasteiger partial charge in [-0.3, -0.25) is 0 Å². The first-order valence-corrected chi connectivity index (χ1v) is 5.82. The highest BCUT2D eigenvalue weighted by molar-refractivity contribution is 5.90. The van der Waals surface area contributed by atoms with Gasteiger partial charge in [-0.2, -0.15) is 0 Å². The van der Waals surface area contributed by atoms with Crippen LogP contribution in [0.2, 0.25) is 0 Å². The normalized spacial score (nSPS) is 28.6. The number of ether oxygens (including phenoxy) is 2. The molecule has 2 heterocycles. The van der Waals surface area contributed by atoms with Crippen molar-refractivity contribution in [2.24, 2.45) is 0 Å². The van der Waals surface area contributed by atoms with Crippen LogP contribution < -0.4 is 5.32 Å². The molecule has 2 fully saturated rings. The quantitative estimate of drug-likeness (QED) is 0.689. The molecule has 1 N–H and O–H groups in total. The lowest BCUT2D eigenvalue weighted by molar-refractivity contribution is 0.0279. The number of fused-ring (bicyclic) bond motifs is 1. The Bertz CT molecular complexity index is 337. The van der Waals surface area contributed by atoms with Gasteiger partial charge in [0, 0.05) is 6.54 Å². The Labute approximate surface area is 100 Å². The average Bonchev–Trinajstić information content (AvgIpc) is 2.50. The van der Waals surface area contributed by atoms with E-state index in [0.29, 0.717) is 6.54 Å². The third kappa shape index (κ3) is 2.52. The number of hydrogen-bond acceptors (Lipinski definition) is 5. The van der Waals surface area contributed by atoms with Crippen LogP contribution in [0.1, 0.15) is 27.2 Å². The minimum Gasteiger partial charge on any atom is -0.443 e. The molecular formula is C11H18N2O4. The maximum absolute atomic E-state index is 11.9. The monoisotopic (exact) mass is 242 g/mol. The summed E-state index contributed by atoms with van der Waals surface area (Å²) < 4.78 is 10.4. The third-order valence-electron chi connectivity index (χ3n) is 2.76. The van der Waals surface area contributed by atoms with Gasteiger partial charge in [-0.1, -0.05) is 0 Å². The van der Waals surface area contributed by atoms with Gasteiger partial charge in [0.1, 0.15) is 11.7 Å². The van der Waals surface area contributed by atoms with Crippen molar-refractivity contribution in [3.63, 3.8) is 0 Å². The van der Waals surface area contributed by atoms with E-state index < -0.39 is 17.8 Å². The highest BCUT2D eigenvalue weighted by Crippen LogP contribution is 2.25. The number of hydrogen-bond donors (Lipinski definition) is 1. The van der Waals surface area contributed by atoms with Gasteiger partial charge < -0.3 is 14.8 Å². The van der Waals surface area contributed by atoms with E-state index in [1.807, 2.05) is 0 Å². The van der Waals surface area contributed by atoms with E-state index >= 15 is 0 Å². The lowest BCUT2D eigenvalue weighted by Gasteiger charge is -2.29. The van der Waals surface area contributed by atoms with Crippen LogP contribution in [0.3, 0.4) is 0 Å². The number of rotatable bonds is 0. The molecule has 6 heteroatoms. The van der Waals surface area contributed by atoms with E-state index in [-0.39, 0.29) is 12.1 Å². The summed E-state index contributed by atoms with van der Waals surface area (Å²) in [6.07, 6.45) is -0.691. The second-order valence-electron chi connectivity index (χ2n) is 5.33. The minimum atomic E-state index is -0.626. The SMILES string of the molecule is CC(C)(C)OC(=O)N1C(=O)OC2CCNCC21. The number of nitrogens with one attached hydrogen (secondary N) is 1. The third-order valence-corrected chi connectivity index (χ3v) is 2.76. The zero-order valence-electron chi connectivity index (χ0n) is 10.4. The molecule has 2 atom stereocenters. The summed E-state index contributed by atoms with van der Waals surface area (Å²) >= 11 is 0. The predicted octanol–water partition coefficient (Wildman–Crippen LogP) is 1.10. The van der Waals surface area contributed by atoms with Gasteiger partial charge in [0.2, 0.25) is 0 Å². The maximum Gasteiger partial charge on any atom is 0.420 e. The summed E-state index contributed by atoms with van der Waals surface area (Å²) in [4.78, 5) is 24.6. The van der Waals surface area contributed by atoms with E-state index in [4.69, 9.17) is 9.47 Å². The van der Waals surface area contributed by atoms with Gasteiger partial charge in [-0.05, 0) is 33.7 Å². The van der Waals surface area contributed by atoms with Crippen LogP contribution in [0.4, 0.5) is 9.59 Å². The Morgan fingerprint density at radius 1 is 1.53 bits per heavy atom. The van der Waals surface area contributed by atoms with Crippen molar-refractivity contribution in [3.05, 3.63) is 0 Å². The number of piperidine rings is 1. The molecule has 2 unspecified atom stereocenters. The van der Waals surface area contributed by atoms with Crippen LogP contribution in [0.5, 0.6) is 0 Å². The molecule has 17 heavy (non-hydrogen) atoms. The van der Waals surface area contributed by atoms with E-state index in [1.54, 1.807) is 20.8 Å². The van der Waals surface area contributed by atoms with Crippen LogP contribution in [-0.2, 0) is 9.47 Å². The molecule has 96 valence electrons. The fourth-order valence-corrected chi connectivity index (χ4v) is 2.06. The van der Waals surface area contributed by atoms with E-state index in [2.05, 4.69) is 5.32 Å². The van der Waals surface area contributed by atoms with Crippen LogP contribution in [0.25, 0.3) is 0 Å². The summed E-state index contributed by atoms with van der Waals surface area (Å²) in [5.74, 6) is 0. The standard InChI is InChI=1S/C11H18N2O4/c1-11(2,3)17-10(15)13-7-6-12-5-4-8(7)16-9(13)14/h7-8,12H,4-6H2,1-3H3. The molecule has 0 aromatic carbocycles. The number of carbonyl (C=O) groups excluding carboxylic acids is 2. The Morgan fingerprint density at radius 3 is 2.88 bits per heavy atom. The smallest absolute Gasteiger partial charge is 0.420 e. The van der Waals surface area contributed by atoms with Crippen LogP contribution in [-0.4, -0.2) is 47.9 Å². The van der Waals surface area contributed by atoms with Crippen molar-refractivity contribution in [2.45, 2.75) is 44.9 Å². The topological polar surface area (TPSA) is 67.9 Å². The molecule has 6 nitrogen and oxygen atoms in total. The molecule has 2 aliphatic rings. The lowest BCUT2D eigenvalue weighted by atomic mass is 10.0. The van der Waals surface area contributed by atoms with Crippen molar-refractivity contribution >= 4 is 12.2 Å². The van der Waals surface area contributed by atoms with Gasteiger partial charge in [0.05, 0.1) is 6.04 Å². The Kier molecular flexibility index (Phi) is 2.99. The van der Waals surface area contributed by atoms with Gasteiger partial charge >= 0.3 is 12.2 Å². The second kappa shape index (κ2) is 4.18. The molecule has 2 aliphatic heterocycles. The Balaban J connectivity index is 2.09. The highest BCUT2D eigenvalue weighted by Gasteiger charge is 2.47. The van der Waals surface area contributed by atoms with E-state index in [1.165, 1.54) is 0 Å². The van der Waals surface area contributed by atoms with Crippen molar-refractivity contribution in [3.8, 4) is 0 Å². The molecule has 0 bridgehead atoms. The molecule has 2 amide bonds. The van der Waals surface area contributed by atoms with E-state index in [9.17, 15) is 9.59 Å². The summed E-state index contributed by atoms with van der Waals surface area (Å²) in [7, 11) is 0. The molecule has 0 radical (unpaired) electrons. The zero-order valence-corrected chi connectivity index (χ0v) is 10.4. The predicted molar refractivity (Wildman–Crippen MR) is 59.6 cm³/mol. The van der Waals surface area contributed by atoms with Crippen LogP contribution in [0.15, 0.2) is 0 Å². The Hall–Kier alpha value is -1.30. The van der Waals surface area contributed by atoms with Crippen molar-refractivity contribution in [1.29, 1.82) is 0 Å². The number of carbonyl (C=O) groups is 2. The van der Waals surface area contributed by atoms with Gasteiger partial charge in [0.15, 0.2) is 0 Å². The van der Waals surface area contributed by atoms with E-state index in [0.717, 1.165) is 17.9 Å². The second-order valence-corrected chi connectivity index (χ2v) is 5.33. The van der Waals surface area contributed by atoms with Crippen molar-refractivity contribution < 1.29 is 19.1 Å². The highest BCUT2D eigenvalue weighted by atomic mass is 16.6. The molecule has 0 spiro atoms. The molecule has 2 saturated heterocycles. The summed E-state index contributed by atoms with van der Waals surface area (Å²) in [5.41, 5.74) is -0.614. The van der Waals surface area contributed by atoms with Gasteiger partial charge in [0.25, 0.3) is 0 Å². The van der Waals surface area contributed by atoms with Crippen molar-refractivity contribution in [2.75, 3.05) is 13.1 Å². The molecule has 0 aromatic rings. The molecule has 0 aromatic heterocycles. The minimum absolute atomic E-state index is 0.198. The average molecular weight is 242 g/mol. The van der Waals surface area contributed by atoms with Crippen LogP contribution >= 0.6 is 0 Å². The number of nitrogens with zero attached hydrogens (tertiary/aromatic N) is 1. The molecule has 2 rings (SSSR count). The first-order valence-electron chi connectivity index (χ1n) is 5.82. The van der Waals surface area contributed by atoms with Gasteiger partial charge in [-0.15, -0.1) is 0 Å². The number of amides is 2. The first-order chi connectivity index (χ1) is 7.88. The molecular weight excluding hydrogens is 224 g/mol. The summed E-state index contributed by atoms with van der Waals surface area (Å²) in [5, 5.41) is 3.14. The zero-order chi connectivity index (χ0) is 12.6. The lowest BCUT2D eigenvalue weighted by Crippen LogP contribution is -2.51. The molecule has 0 aliphatic carbocycles. The fraction of sp³-hybridized carbons (Fsp3) is 0.818. The molecule has 0 saturated carbocycles.